The molecule has 9 heteroatoms. The van der Waals surface area contributed by atoms with Gasteiger partial charge in [-0.3, -0.25) is 4.79 Å². The molecule has 2 aromatic carbocycles. The van der Waals surface area contributed by atoms with Crippen molar-refractivity contribution in [3.8, 4) is 11.3 Å². The Balaban J connectivity index is 2.01. The minimum Gasteiger partial charge on any atom is -0.255 e. The number of thiazole rings is 1. The Kier molecular flexibility index (Phi) is 5.22. The Bertz CT molecular complexity index is 959. The fourth-order valence-electron chi connectivity index (χ4n) is 2.26. The number of hydrogen-bond acceptors (Lipinski definition) is 3. The largest absolute Gasteiger partial charge is 0.416 e. The standard InChI is InChI=1S/C17H9Cl2F3N2OS/c18-12-5-1-3-10(7-12)14-9-26-16(23-14)24(15(19)25)13-6-2-4-11(8-13)17(20,21)22/h1-9H. The van der Waals surface area contributed by atoms with Crippen molar-refractivity contribution in [1.29, 1.82) is 0 Å². The van der Waals surface area contributed by atoms with Gasteiger partial charge in [-0.05, 0) is 41.9 Å². The van der Waals surface area contributed by atoms with Crippen molar-refractivity contribution in [2.45, 2.75) is 6.18 Å². The number of amides is 1. The van der Waals surface area contributed by atoms with Crippen LogP contribution in [0.4, 0.5) is 28.8 Å². The van der Waals surface area contributed by atoms with Gasteiger partial charge >= 0.3 is 11.5 Å². The molecule has 0 fully saturated rings. The summed E-state index contributed by atoms with van der Waals surface area (Å²) < 4.78 is 38.8. The summed E-state index contributed by atoms with van der Waals surface area (Å²) in [5.74, 6) is 0. The summed E-state index contributed by atoms with van der Waals surface area (Å²) in [6.45, 7) is 0. The number of carbonyl (C=O) groups is 1. The summed E-state index contributed by atoms with van der Waals surface area (Å²) >= 11 is 12.6. The maximum Gasteiger partial charge on any atom is 0.416 e. The Morgan fingerprint density at radius 3 is 2.50 bits per heavy atom. The minimum atomic E-state index is -4.54. The van der Waals surface area contributed by atoms with Crippen LogP contribution in [0.25, 0.3) is 11.3 Å². The average molecular weight is 417 g/mol. The number of carbonyl (C=O) groups excluding carboxylic acids is 1. The van der Waals surface area contributed by atoms with E-state index in [9.17, 15) is 18.0 Å². The molecular formula is C17H9Cl2F3N2OS. The lowest BCUT2D eigenvalue weighted by atomic mass is 10.2. The second kappa shape index (κ2) is 7.26. The first kappa shape index (κ1) is 18.7. The predicted molar refractivity (Wildman–Crippen MR) is 97.4 cm³/mol. The van der Waals surface area contributed by atoms with Crippen LogP contribution in [0, 0.1) is 0 Å². The molecule has 0 N–H and O–H groups in total. The van der Waals surface area contributed by atoms with Gasteiger partial charge in [0.15, 0.2) is 5.13 Å². The number of benzene rings is 2. The van der Waals surface area contributed by atoms with Gasteiger partial charge in [-0.1, -0.05) is 29.8 Å². The number of halogens is 5. The molecule has 1 heterocycles. The van der Waals surface area contributed by atoms with Crippen molar-refractivity contribution in [3.63, 3.8) is 0 Å². The van der Waals surface area contributed by atoms with E-state index in [-0.39, 0.29) is 10.8 Å². The van der Waals surface area contributed by atoms with Gasteiger partial charge in [0, 0.05) is 16.0 Å². The van der Waals surface area contributed by atoms with Crippen LogP contribution in [0.3, 0.4) is 0 Å². The van der Waals surface area contributed by atoms with E-state index in [1.54, 1.807) is 29.6 Å². The van der Waals surface area contributed by atoms with Crippen LogP contribution in [-0.4, -0.2) is 10.4 Å². The smallest absolute Gasteiger partial charge is 0.255 e. The molecule has 0 aliphatic rings. The molecule has 0 radical (unpaired) electrons. The summed E-state index contributed by atoms with van der Waals surface area (Å²) in [6.07, 6.45) is -4.54. The second-order valence-electron chi connectivity index (χ2n) is 5.16. The maximum atomic E-state index is 12.9. The molecule has 1 aromatic heterocycles. The quantitative estimate of drug-likeness (QED) is 0.340. The third-order valence-corrected chi connectivity index (χ3v) is 4.64. The van der Waals surface area contributed by atoms with E-state index in [0.29, 0.717) is 16.3 Å². The van der Waals surface area contributed by atoms with Crippen LogP contribution in [0.1, 0.15) is 5.56 Å². The molecular weight excluding hydrogens is 408 g/mol. The van der Waals surface area contributed by atoms with Crippen molar-refractivity contribution in [1.82, 2.24) is 4.98 Å². The first-order valence-corrected chi connectivity index (χ1v) is 8.77. The molecule has 26 heavy (non-hydrogen) atoms. The predicted octanol–water partition coefficient (Wildman–Crippen LogP) is 6.98. The van der Waals surface area contributed by atoms with Gasteiger partial charge in [0.05, 0.1) is 16.9 Å². The molecule has 3 aromatic rings. The summed E-state index contributed by atoms with van der Waals surface area (Å²) in [5.41, 5.74) is 0.338. The highest BCUT2D eigenvalue weighted by atomic mass is 35.5. The molecule has 0 aliphatic carbocycles. The molecule has 0 bridgehead atoms. The van der Waals surface area contributed by atoms with Gasteiger partial charge in [0.2, 0.25) is 0 Å². The third kappa shape index (κ3) is 4.00. The topological polar surface area (TPSA) is 33.2 Å². The van der Waals surface area contributed by atoms with E-state index < -0.39 is 17.1 Å². The minimum absolute atomic E-state index is 0.0215. The molecule has 0 atom stereocenters. The summed E-state index contributed by atoms with van der Waals surface area (Å²) in [5, 5.41) is 1.37. The highest BCUT2D eigenvalue weighted by Crippen LogP contribution is 2.37. The number of anilines is 2. The Labute approximate surface area is 160 Å². The zero-order chi connectivity index (χ0) is 18.9. The summed E-state index contributed by atoms with van der Waals surface area (Å²) in [4.78, 5) is 17.1. The highest BCUT2D eigenvalue weighted by Gasteiger charge is 2.31. The molecule has 0 unspecified atom stereocenters. The van der Waals surface area contributed by atoms with Gasteiger partial charge in [-0.15, -0.1) is 11.3 Å². The number of hydrogen-bond donors (Lipinski definition) is 0. The van der Waals surface area contributed by atoms with E-state index in [1.807, 2.05) is 0 Å². The number of aromatic nitrogens is 1. The fraction of sp³-hybridized carbons (Fsp3) is 0.0588. The monoisotopic (exact) mass is 416 g/mol. The first-order valence-electron chi connectivity index (χ1n) is 7.14. The second-order valence-corrected chi connectivity index (χ2v) is 6.76. The SMILES string of the molecule is O=C(Cl)N(c1cccc(C(F)(F)F)c1)c1nc(-c2cccc(Cl)c2)cs1. The van der Waals surface area contributed by atoms with Gasteiger partial charge in [0.1, 0.15) is 0 Å². The zero-order valence-corrected chi connectivity index (χ0v) is 15.1. The number of nitrogens with zero attached hydrogens (tertiary/aromatic N) is 2. The van der Waals surface area contributed by atoms with Gasteiger partial charge < -0.3 is 0 Å². The van der Waals surface area contributed by atoms with Crippen molar-refractivity contribution < 1.29 is 18.0 Å². The van der Waals surface area contributed by atoms with Crippen LogP contribution in [-0.2, 0) is 6.18 Å². The van der Waals surface area contributed by atoms with Crippen molar-refractivity contribution >= 4 is 50.7 Å². The van der Waals surface area contributed by atoms with Crippen LogP contribution >= 0.6 is 34.5 Å². The lowest BCUT2D eigenvalue weighted by Gasteiger charge is -2.18. The Hall–Kier alpha value is -2.09. The lowest BCUT2D eigenvalue weighted by molar-refractivity contribution is -0.137. The Morgan fingerprint density at radius 1 is 1.12 bits per heavy atom. The lowest BCUT2D eigenvalue weighted by Crippen LogP contribution is -2.20. The molecule has 0 aliphatic heterocycles. The van der Waals surface area contributed by atoms with Gasteiger partial charge in [-0.2, -0.15) is 13.2 Å². The highest BCUT2D eigenvalue weighted by molar-refractivity contribution is 7.14. The summed E-state index contributed by atoms with van der Waals surface area (Å²) in [7, 11) is 0. The Morgan fingerprint density at radius 2 is 1.85 bits per heavy atom. The van der Waals surface area contributed by atoms with Crippen LogP contribution in [0.15, 0.2) is 53.9 Å². The van der Waals surface area contributed by atoms with E-state index in [4.69, 9.17) is 23.2 Å². The molecule has 0 saturated heterocycles. The normalized spacial score (nSPS) is 11.4. The molecule has 134 valence electrons. The van der Waals surface area contributed by atoms with Crippen molar-refractivity contribution in [3.05, 3.63) is 64.5 Å². The molecule has 3 nitrogen and oxygen atoms in total. The van der Waals surface area contributed by atoms with Crippen LogP contribution < -0.4 is 4.90 Å². The van der Waals surface area contributed by atoms with Gasteiger partial charge in [-0.25, -0.2) is 9.88 Å². The van der Waals surface area contributed by atoms with Crippen LogP contribution in [0.5, 0.6) is 0 Å². The van der Waals surface area contributed by atoms with E-state index >= 15 is 0 Å². The molecule has 0 saturated carbocycles. The average Bonchev–Trinajstić information content (AvgIpc) is 3.04. The van der Waals surface area contributed by atoms with E-state index in [1.165, 1.54) is 12.1 Å². The van der Waals surface area contributed by atoms with Crippen LogP contribution in [0.2, 0.25) is 5.02 Å². The van der Waals surface area contributed by atoms with E-state index in [2.05, 4.69) is 4.98 Å². The molecule has 3 rings (SSSR count). The number of alkyl halides is 3. The molecule has 0 spiro atoms. The van der Waals surface area contributed by atoms with E-state index in [0.717, 1.165) is 28.4 Å². The van der Waals surface area contributed by atoms with Gasteiger partial charge in [0.25, 0.3) is 0 Å². The fourth-order valence-corrected chi connectivity index (χ4v) is 3.52. The third-order valence-electron chi connectivity index (χ3n) is 3.41. The van der Waals surface area contributed by atoms with Crippen molar-refractivity contribution in [2.24, 2.45) is 0 Å². The number of rotatable bonds is 3. The molecule has 1 amide bonds. The van der Waals surface area contributed by atoms with Crippen molar-refractivity contribution in [2.75, 3.05) is 4.90 Å². The first-order chi connectivity index (χ1) is 12.3. The summed E-state index contributed by atoms with van der Waals surface area (Å²) in [6, 6.07) is 11.2. The maximum absolute atomic E-state index is 12.9. The zero-order valence-electron chi connectivity index (χ0n) is 12.8.